The molecule has 0 bridgehead atoms. The van der Waals surface area contributed by atoms with Crippen LogP contribution in [0.5, 0.6) is 0 Å². The third-order valence-electron chi connectivity index (χ3n) is 6.65. The molecule has 1 N–H and O–H groups in total. The van der Waals surface area contributed by atoms with E-state index in [1.54, 1.807) is 48.5 Å². The van der Waals surface area contributed by atoms with Crippen LogP contribution in [0.3, 0.4) is 0 Å². The molecule has 0 fully saturated rings. The number of benzene rings is 3. The number of sulfonamides is 1. The fourth-order valence-corrected chi connectivity index (χ4v) is 5.33. The smallest absolute Gasteiger partial charge is 0.352 e. The predicted octanol–water partition coefficient (Wildman–Crippen LogP) is 5.68. The van der Waals surface area contributed by atoms with Gasteiger partial charge in [0, 0.05) is 24.0 Å². The average Bonchev–Trinajstić information content (AvgIpc) is 2.93. The summed E-state index contributed by atoms with van der Waals surface area (Å²) >= 11 is 6.18. The highest BCUT2D eigenvalue weighted by Gasteiger charge is 2.35. The Bertz CT molecular complexity index is 1490. The van der Waals surface area contributed by atoms with Crippen LogP contribution in [0.25, 0.3) is 0 Å². The summed E-state index contributed by atoms with van der Waals surface area (Å²) in [6.45, 7) is 2.78. The highest BCUT2D eigenvalue weighted by atomic mass is 35.5. The minimum atomic E-state index is -4.73. The Hall–Kier alpha value is -3.57. The van der Waals surface area contributed by atoms with Crippen LogP contribution in [0.15, 0.2) is 78.9 Å². The SMILES string of the molecule is CC[C@H](C)NC(=O)[C@@H](Cc1ccccc1)N(Cc1cccc(Cl)c1)C(=O)CN(c1cccc(C(F)(F)F)c1)S(C)(=O)=O. The maximum atomic E-state index is 14.0. The number of nitrogens with one attached hydrogen (secondary N) is 1. The molecule has 0 spiro atoms. The summed E-state index contributed by atoms with van der Waals surface area (Å²) in [6.07, 6.45) is -3.18. The second-order valence-electron chi connectivity index (χ2n) is 9.99. The number of nitrogens with zero attached hydrogens (tertiary/aromatic N) is 2. The van der Waals surface area contributed by atoms with E-state index in [-0.39, 0.29) is 24.7 Å². The van der Waals surface area contributed by atoms with Crippen molar-refractivity contribution in [2.24, 2.45) is 0 Å². The van der Waals surface area contributed by atoms with E-state index >= 15 is 0 Å². The van der Waals surface area contributed by atoms with Gasteiger partial charge in [0.1, 0.15) is 12.6 Å². The maximum Gasteiger partial charge on any atom is 0.416 e. The van der Waals surface area contributed by atoms with E-state index in [4.69, 9.17) is 11.6 Å². The topological polar surface area (TPSA) is 86.8 Å². The molecule has 42 heavy (non-hydrogen) atoms. The summed E-state index contributed by atoms with van der Waals surface area (Å²) < 4.78 is 66.5. The first-order chi connectivity index (χ1) is 19.7. The molecule has 0 saturated carbocycles. The van der Waals surface area contributed by atoms with Gasteiger partial charge < -0.3 is 10.2 Å². The lowest BCUT2D eigenvalue weighted by atomic mass is 10.0. The van der Waals surface area contributed by atoms with Crippen molar-refractivity contribution in [2.45, 2.75) is 51.5 Å². The molecule has 0 unspecified atom stereocenters. The maximum absolute atomic E-state index is 14.0. The van der Waals surface area contributed by atoms with Crippen LogP contribution in [-0.4, -0.2) is 50.0 Å². The lowest BCUT2D eigenvalue weighted by Crippen LogP contribution is -2.54. The van der Waals surface area contributed by atoms with Gasteiger partial charge in [0.05, 0.1) is 17.5 Å². The summed E-state index contributed by atoms with van der Waals surface area (Å²) in [5.74, 6) is -1.23. The molecule has 12 heteroatoms. The average molecular weight is 624 g/mol. The first-order valence-electron chi connectivity index (χ1n) is 13.2. The number of rotatable bonds is 12. The monoisotopic (exact) mass is 623 g/mol. The van der Waals surface area contributed by atoms with E-state index in [9.17, 15) is 31.2 Å². The molecule has 226 valence electrons. The van der Waals surface area contributed by atoms with Crippen LogP contribution in [-0.2, 0) is 38.8 Å². The highest BCUT2D eigenvalue weighted by molar-refractivity contribution is 7.92. The Labute approximate surface area is 249 Å². The van der Waals surface area contributed by atoms with Gasteiger partial charge >= 0.3 is 6.18 Å². The molecule has 0 saturated heterocycles. The van der Waals surface area contributed by atoms with Crippen molar-refractivity contribution in [2.75, 3.05) is 17.1 Å². The number of amides is 2. The molecule has 3 aromatic rings. The van der Waals surface area contributed by atoms with E-state index in [0.29, 0.717) is 27.4 Å². The lowest BCUT2D eigenvalue weighted by Gasteiger charge is -2.34. The molecular weight excluding hydrogens is 591 g/mol. The van der Waals surface area contributed by atoms with Crippen molar-refractivity contribution in [1.29, 1.82) is 0 Å². The Morgan fingerprint density at radius 1 is 0.952 bits per heavy atom. The van der Waals surface area contributed by atoms with Crippen molar-refractivity contribution < 1.29 is 31.2 Å². The third kappa shape index (κ3) is 9.22. The number of alkyl halides is 3. The first-order valence-corrected chi connectivity index (χ1v) is 15.4. The largest absolute Gasteiger partial charge is 0.416 e. The molecule has 0 heterocycles. The van der Waals surface area contributed by atoms with Gasteiger partial charge in [0.2, 0.25) is 21.8 Å². The number of hydrogen-bond donors (Lipinski definition) is 1. The zero-order valence-corrected chi connectivity index (χ0v) is 25.0. The van der Waals surface area contributed by atoms with Crippen molar-refractivity contribution in [1.82, 2.24) is 10.2 Å². The Kier molecular flexibility index (Phi) is 11.0. The number of carbonyl (C=O) groups excluding carboxylic acids is 2. The van der Waals surface area contributed by atoms with Crippen LogP contribution in [0.2, 0.25) is 5.02 Å². The van der Waals surface area contributed by atoms with Gasteiger partial charge in [-0.05, 0) is 54.8 Å². The summed E-state index contributed by atoms with van der Waals surface area (Å²) in [4.78, 5) is 28.9. The van der Waals surface area contributed by atoms with E-state index in [1.165, 1.54) is 11.0 Å². The van der Waals surface area contributed by atoms with Crippen LogP contribution < -0.4 is 9.62 Å². The van der Waals surface area contributed by atoms with E-state index in [0.717, 1.165) is 24.0 Å². The van der Waals surface area contributed by atoms with Gasteiger partial charge in [0.25, 0.3) is 0 Å². The van der Waals surface area contributed by atoms with E-state index < -0.39 is 46.2 Å². The Morgan fingerprint density at radius 2 is 1.60 bits per heavy atom. The van der Waals surface area contributed by atoms with E-state index in [2.05, 4.69) is 5.32 Å². The van der Waals surface area contributed by atoms with Crippen molar-refractivity contribution in [3.63, 3.8) is 0 Å². The predicted molar refractivity (Wildman–Crippen MR) is 157 cm³/mol. The Morgan fingerprint density at radius 3 is 2.19 bits per heavy atom. The first kappa shape index (κ1) is 32.9. The molecule has 0 aliphatic rings. The number of carbonyl (C=O) groups is 2. The molecule has 3 aromatic carbocycles. The highest BCUT2D eigenvalue weighted by Crippen LogP contribution is 2.32. The standard InChI is InChI=1S/C30H33ClF3N3O4S/c1-4-21(2)35-29(39)27(17-22-10-6-5-7-11-22)36(19-23-12-8-14-25(31)16-23)28(38)20-37(42(3,40)41)26-15-9-13-24(18-26)30(32,33)34/h5-16,18,21,27H,4,17,19-20H2,1-3H3,(H,35,39)/t21-,27+/m0/s1. The van der Waals surface area contributed by atoms with Crippen LogP contribution in [0.1, 0.15) is 37.0 Å². The summed E-state index contributed by atoms with van der Waals surface area (Å²) in [6, 6.07) is 18.1. The Balaban J connectivity index is 2.09. The second-order valence-corrected chi connectivity index (χ2v) is 12.3. The van der Waals surface area contributed by atoms with Gasteiger partial charge in [0.15, 0.2) is 0 Å². The molecule has 0 aliphatic carbocycles. The fourth-order valence-electron chi connectivity index (χ4n) is 4.28. The number of anilines is 1. The number of halogens is 4. The zero-order chi connectivity index (χ0) is 31.1. The molecular formula is C30H33ClF3N3O4S. The van der Waals surface area contributed by atoms with Crippen LogP contribution in [0, 0.1) is 0 Å². The van der Waals surface area contributed by atoms with Gasteiger partial charge in [-0.3, -0.25) is 13.9 Å². The molecule has 0 aliphatic heterocycles. The third-order valence-corrected chi connectivity index (χ3v) is 8.03. The molecule has 7 nitrogen and oxygen atoms in total. The summed E-state index contributed by atoms with van der Waals surface area (Å²) in [5.41, 5.74) is -0.0578. The van der Waals surface area contributed by atoms with E-state index in [1.807, 2.05) is 19.9 Å². The summed E-state index contributed by atoms with van der Waals surface area (Å²) in [5, 5.41) is 3.30. The van der Waals surface area contributed by atoms with Crippen LogP contribution >= 0.6 is 11.6 Å². The lowest BCUT2D eigenvalue weighted by molar-refractivity contribution is -0.140. The van der Waals surface area contributed by atoms with Gasteiger partial charge in [-0.25, -0.2) is 8.42 Å². The molecule has 2 amide bonds. The van der Waals surface area contributed by atoms with Gasteiger partial charge in [-0.15, -0.1) is 0 Å². The van der Waals surface area contributed by atoms with Gasteiger partial charge in [-0.1, -0.05) is 67.1 Å². The second kappa shape index (κ2) is 14.1. The van der Waals surface area contributed by atoms with Crippen LogP contribution in [0.4, 0.5) is 18.9 Å². The van der Waals surface area contributed by atoms with Gasteiger partial charge in [-0.2, -0.15) is 13.2 Å². The van der Waals surface area contributed by atoms with Crippen molar-refractivity contribution >= 4 is 39.1 Å². The quantitative estimate of drug-likeness (QED) is 0.281. The molecule has 0 aromatic heterocycles. The molecule has 0 radical (unpaired) electrons. The summed E-state index contributed by atoms with van der Waals surface area (Å²) in [7, 11) is -4.22. The minimum Gasteiger partial charge on any atom is -0.352 e. The molecule has 3 rings (SSSR count). The normalized spacial score (nSPS) is 13.2. The zero-order valence-electron chi connectivity index (χ0n) is 23.4. The minimum absolute atomic E-state index is 0.106. The van der Waals surface area contributed by atoms with Crippen molar-refractivity contribution in [3.8, 4) is 0 Å². The number of hydrogen-bond acceptors (Lipinski definition) is 4. The molecule has 2 atom stereocenters. The van der Waals surface area contributed by atoms with Crippen molar-refractivity contribution in [3.05, 3.63) is 101 Å². The fraction of sp³-hybridized carbons (Fsp3) is 0.333.